The second-order valence-corrected chi connectivity index (χ2v) is 2.06. The zero-order valence-electron chi connectivity index (χ0n) is 4.13. The van der Waals surface area contributed by atoms with Gasteiger partial charge < -0.3 is 0 Å². The van der Waals surface area contributed by atoms with Crippen LogP contribution in [0.4, 0.5) is 8.78 Å². The summed E-state index contributed by atoms with van der Waals surface area (Å²) in [5, 5.41) is 6.37. The number of rotatable bonds is 1. The van der Waals surface area contributed by atoms with Gasteiger partial charge in [0.1, 0.15) is 5.69 Å². The predicted octanol–water partition coefficient (Wildman–Crippen LogP) is 1.37. The lowest BCUT2D eigenvalue weighted by atomic mass is 10.5. The molecule has 0 atom stereocenters. The third kappa shape index (κ3) is 1.44. The molecule has 1 aromatic rings. The molecule has 50 valence electrons. The summed E-state index contributed by atoms with van der Waals surface area (Å²) in [5.74, 6) is 0. The quantitative estimate of drug-likeness (QED) is 0.682. The molecule has 0 aliphatic rings. The molecule has 1 aromatic heterocycles. The minimum atomic E-state index is -2.55. The number of hydrogen-bond acceptors (Lipinski definition) is 2. The number of halogens is 3. The summed E-state index contributed by atoms with van der Waals surface area (Å²) < 4.78 is 24.3. The van der Waals surface area contributed by atoms with Crippen LogP contribution in [-0.4, -0.2) is 14.0 Å². The van der Waals surface area contributed by atoms with Gasteiger partial charge in [-0.1, -0.05) is 5.21 Å². The van der Waals surface area contributed by atoms with Crippen LogP contribution < -0.4 is 0 Å². The highest BCUT2D eigenvalue weighted by molar-refractivity contribution is 9.08. The van der Waals surface area contributed by atoms with E-state index in [4.69, 9.17) is 0 Å². The van der Waals surface area contributed by atoms with Crippen molar-refractivity contribution in [2.45, 2.75) is 6.43 Å². The molecule has 0 spiro atoms. The first-order chi connectivity index (χ1) is 4.20. The lowest BCUT2D eigenvalue weighted by molar-refractivity contribution is 0.146. The molecule has 0 unspecified atom stereocenters. The van der Waals surface area contributed by atoms with E-state index < -0.39 is 6.43 Å². The fraction of sp³-hybridized carbons (Fsp3) is 0.333. The summed E-state index contributed by atoms with van der Waals surface area (Å²) in [6.45, 7) is 0. The van der Waals surface area contributed by atoms with Gasteiger partial charge in [0.05, 0.1) is 22.3 Å². The first-order valence-electron chi connectivity index (χ1n) is 2.06. The summed E-state index contributed by atoms with van der Waals surface area (Å²) in [4.78, 5) is 0. The summed E-state index contributed by atoms with van der Waals surface area (Å²) in [5.41, 5.74) is -0.327. The van der Waals surface area contributed by atoms with Crippen LogP contribution in [0.2, 0.25) is 0 Å². The van der Waals surface area contributed by atoms with Gasteiger partial charge in [-0.05, 0) is 0 Å². The number of aromatic nitrogens is 3. The van der Waals surface area contributed by atoms with Gasteiger partial charge in [0.15, 0.2) is 0 Å². The van der Waals surface area contributed by atoms with Gasteiger partial charge in [-0.25, -0.2) is 8.78 Å². The molecule has 0 bridgehead atoms. The van der Waals surface area contributed by atoms with Crippen molar-refractivity contribution in [3.8, 4) is 0 Å². The summed E-state index contributed by atoms with van der Waals surface area (Å²) in [6.07, 6.45) is -1.44. The van der Waals surface area contributed by atoms with Gasteiger partial charge in [0.2, 0.25) is 0 Å². The average molecular weight is 198 g/mol. The van der Waals surface area contributed by atoms with Gasteiger partial charge in [-0.15, -0.1) is 5.10 Å². The van der Waals surface area contributed by atoms with E-state index in [-0.39, 0.29) is 5.69 Å². The minimum absolute atomic E-state index is 0.327. The molecule has 9 heavy (non-hydrogen) atoms. The molecular formula is C3H2BrF2N3. The average Bonchev–Trinajstić information content (AvgIpc) is 2.14. The van der Waals surface area contributed by atoms with Crippen molar-refractivity contribution >= 4 is 16.1 Å². The minimum Gasteiger partial charge on any atom is -0.203 e. The van der Waals surface area contributed by atoms with Crippen molar-refractivity contribution in [3.05, 3.63) is 11.9 Å². The van der Waals surface area contributed by atoms with E-state index >= 15 is 0 Å². The topological polar surface area (TPSA) is 30.7 Å². The smallest absolute Gasteiger partial charge is 0.203 e. The van der Waals surface area contributed by atoms with E-state index in [1.807, 2.05) is 0 Å². The molecule has 0 radical (unpaired) electrons. The van der Waals surface area contributed by atoms with Crippen molar-refractivity contribution in [2.24, 2.45) is 0 Å². The molecule has 0 saturated heterocycles. The Morgan fingerprint density at radius 1 is 1.67 bits per heavy atom. The predicted molar refractivity (Wildman–Crippen MR) is 29.3 cm³/mol. The van der Waals surface area contributed by atoms with Crippen LogP contribution in [0, 0.1) is 0 Å². The molecule has 0 aliphatic heterocycles. The summed E-state index contributed by atoms with van der Waals surface area (Å²) >= 11 is 2.81. The van der Waals surface area contributed by atoms with E-state index in [2.05, 4.69) is 26.5 Å². The number of hydrogen-bond donors (Lipinski definition) is 0. The fourth-order valence-electron chi connectivity index (χ4n) is 0.355. The Balaban J connectivity index is 2.85. The Morgan fingerprint density at radius 2 is 2.33 bits per heavy atom. The van der Waals surface area contributed by atoms with Crippen LogP contribution in [-0.2, 0) is 0 Å². The van der Waals surface area contributed by atoms with Gasteiger partial charge in [-0.2, -0.15) is 3.71 Å². The van der Waals surface area contributed by atoms with Crippen LogP contribution in [0.5, 0.6) is 0 Å². The molecule has 6 heteroatoms. The Hall–Kier alpha value is -0.520. The number of alkyl halides is 2. The van der Waals surface area contributed by atoms with E-state index in [1.165, 1.54) is 0 Å². The third-order valence-electron chi connectivity index (χ3n) is 0.708. The van der Waals surface area contributed by atoms with Crippen molar-refractivity contribution < 1.29 is 8.78 Å². The summed E-state index contributed by atoms with van der Waals surface area (Å²) in [6, 6.07) is 0. The molecule has 1 rings (SSSR count). The Morgan fingerprint density at radius 3 is 2.56 bits per heavy atom. The van der Waals surface area contributed by atoms with Crippen LogP contribution >= 0.6 is 16.1 Å². The second kappa shape index (κ2) is 2.38. The number of nitrogens with zero attached hydrogens (tertiary/aromatic N) is 3. The molecule has 0 aromatic carbocycles. The van der Waals surface area contributed by atoms with Gasteiger partial charge >= 0.3 is 0 Å². The highest BCUT2D eigenvalue weighted by Gasteiger charge is 2.10. The molecule has 3 nitrogen and oxygen atoms in total. The van der Waals surface area contributed by atoms with Gasteiger partial charge in [0, 0.05) is 0 Å². The Labute approximate surface area is 58.0 Å². The molecule has 0 fully saturated rings. The highest BCUT2D eigenvalue weighted by atomic mass is 79.9. The SMILES string of the molecule is FC(F)c1cn(Br)nn1. The fourth-order valence-corrected chi connectivity index (χ4v) is 0.636. The summed E-state index contributed by atoms with van der Waals surface area (Å²) in [7, 11) is 0. The maximum Gasteiger partial charge on any atom is 0.283 e. The molecule has 0 amide bonds. The first kappa shape index (κ1) is 6.60. The lowest BCUT2D eigenvalue weighted by Gasteiger charge is -1.84. The molecule has 0 aliphatic carbocycles. The van der Waals surface area contributed by atoms with E-state index in [1.54, 1.807) is 0 Å². The lowest BCUT2D eigenvalue weighted by Crippen LogP contribution is -1.81. The zero-order valence-corrected chi connectivity index (χ0v) is 5.72. The van der Waals surface area contributed by atoms with Crippen molar-refractivity contribution in [1.82, 2.24) is 14.0 Å². The van der Waals surface area contributed by atoms with E-state index in [9.17, 15) is 8.78 Å². The Kier molecular flexibility index (Phi) is 1.75. The molecule has 1 heterocycles. The maximum atomic E-state index is 11.6. The second-order valence-electron chi connectivity index (χ2n) is 1.33. The highest BCUT2D eigenvalue weighted by Crippen LogP contribution is 2.14. The van der Waals surface area contributed by atoms with E-state index in [0.29, 0.717) is 0 Å². The van der Waals surface area contributed by atoms with Crippen LogP contribution in [0.25, 0.3) is 0 Å². The van der Waals surface area contributed by atoms with Gasteiger partial charge in [-0.3, -0.25) is 0 Å². The zero-order chi connectivity index (χ0) is 6.85. The van der Waals surface area contributed by atoms with Crippen LogP contribution in [0.3, 0.4) is 0 Å². The molecule has 0 N–H and O–H groups in total. The third-order valence-corrected chi connectivity index (χ3v) is 1.05. The molecule has 0 saturated carbocycles. The first-order valence-corrected chi connectivity index (χ1v) is 2.77. The van der Waals surface area contributed by atoms with Crippen molar-refractivity contribution in [1.29, 1.82) is 0 Å². The van der Waals surface area contributed by atoms with Crippen molar-refractivity contribution in [2.75, 3.05) is 0 Å². The van der Waals surface area contributed by atoms with E-state index in [0.717, 1.165) is 9.90 Å². The van der Waals surface area contributed by atoms with Crippen LogP contribution in [0.15, 0.2) is 6.20 Å². The maximum absolute atomic E-state index is 11.6. The van der Waals surface area contributed by atoms with Gasteiger partial charge in [0.25, 0.3) is 6.43 Å². The normalized spacial score (nSPS) is 10.7. The largest absolute Gasteiger partial charge is 0.283 e. The molecular weight excluding hydrogens is 196 g/mol. The van der Waals surface area contributed by atoms with Crippen molar-refractivity contribution in [3.63, 3.8) is 0 Å². The van der Waals surface area contributed by atoms with Crippen LogP contribution in [0.1, 0.15) is 12.1 Å². The standard InChI is InChI=1S/C3H2BrF2N3/c4-9-1-2(3(5)6)7-8-9/h1,3H. The Bertz CT molecular complexity index is 199. The monoisotopic (exact) mass is 197 g/mol.